The molecule has 24 heavy (non-hydrogen) atoms. The molecule has 3 aliphatic rings. The molecule has 3 rings (SSSR count). The fourth-order valence-corrected chi connectivity index (χ4v) is 4.41. The van der Waals surface area contributed by atoms with Crippen LogP contribution in [0.25, 0.3) is 0 Å². The van der Waals surface area contributed by atoms with Crippen molar-refractivity contribution in [2.45, 2.75) is 51.5 Å². The molecule has 0 aromatic rings. The van der Waals surface area contributed by atoms with E-state index in [0.29, 0.717) is 17.4 Å². The van der Waals surface area contributed by atoms with Gasteiger partial charge in [0.2, 0.25) is 5.91 Å². The van der Waals surface area contributed by atoms with Gasteiger partial charge in [0.1, 0.15) is 0 Å². The Hall–Kier alpha value is -1.30. The predicted molar refractivity (Wildman–Crippen MR) is 95.1 cm³/mol. The van der Waals surface area contributed by atoms with Crippen molar-refractivity contribution in [3.8, 4) is 0 Å². The standard InChI is InChI=1S/C18H32N4O2/c1-3-15(22-10-4-5-16(22)23)6-9-20-17(19-2)21-11-7-18(13-21)8-12-24-14-18/h15H,3-14H2,1-2H3,(H,19,20). The lowest BCUT2D eigenvalue weighted by molar-refractivity contribution is -0.129. The molecule has 3 aliphatic heterocycles. The predicted octanol–water partition coefficient (Wildman–Crippen LogP) is 1.47. The fraction of sp³-hybridized carbons (Fsp3) is 0.889. The summed E-state index contributed by atoms with van der Waals surface area (Å²) in [7, 11) is 1.86. The molecule has 0 aromatic carbocycles. The van der Waals surface area contributed by atoms with E-state index in [-0.39, 0.29) is 0 Å². The van der Waals surface area contributed by atoms with Crippen LogP contribution in [-0.4, -0.2) is 74.1 Å². The minimum atomic E-state index is 0.328. The Balaban J connectivity index is 1.47. The van der Waals surface area contributed by atoms with Crippen molar-refractivity contribution in [3.05, 3.63) is 0 Å². The molecule has 0 radical (unpaired) electrons. The average molecular weight is 336 g/mol. The van der Waals surface area contributed by atoms with Crippen LogP contribution in [0.2, 0.25) is 0 Å². The number of rotatable bonds is 5. The second-order valence-electron chi connectivity index (χ2n) is 7.49. The van der Waals surface area contributed by atoms with Gasteiger partial charge in [0.15, 0.2) is 5.96 Å². The maximum atomic E-state index is 11.9. The van der Waals surface area contributed by atoms with Crippen LogP contribution in [0.3, 0.4) is 0 Å². The highest BCUT2D eigenvalue weighted by Crippen LogP contribution is 2.38. The summed E-state index contributed by atoms with van der Waals surface area (Å²) < 4.78 is 5.61. The van der Waals surface area contributed by atoms with E-state index >= 15 is 0 Å². The van der Waals surface area contributed by atoms with Gasteiger partial charge in [-0.1, -0.05) is 6.92 Å². The Bertz CT molecular complexity index is 474. The van der Waals surface area contributed by atoms with Crippen LogP contribution in [0.1, 0.15) is 45.4 Å². The van der Waals surface area contributed by atoms with Gasteiger partial charge >= 0.3 is 0 Å². The minimum absolute atomic E-state index is 0.328. The van der Waals surface area contributed by atoms with E-state index in [1.165, 1.54) is 12.8 Å². The first-order chi connectivity index (χ1) is 11.7. The number of ether oxygens (including phenoxy) is 1. The van der Waals surface area contributed by atoms with Crippen LogP contribution in [0.4, 0.5) is 0 Å². The Labute approximate surface area is 145 Å². The van der Waals surface area contributed by atoms with Gasteiger partial charge in [-0.25, -0.2) is 0 Å². The lowest BCUT2D eigenvalue weighted by atomic mass is 9.87. The van der Waals surface area contributed by atoms with Crippen molar-refractivity contribution >= 4 is 11.9 Å². The summed E-state index contributed by atoms with van der Waals surface area (Å²) in [6.07, 6.45) is 6.13. The number of likely N-dealkylation sites (tertiary alicyclic amines) is 2. The molecule has 3 fully saturated rings. The zero-order valence-electron chi connectivity index (χ0n) is 15.2. The van der Waals surface area contributed by atoms with Gasteiger partial charge in [0, 0.05) is 57.7 Å². The molecule has 3 heterocycles. The summed E-state index contributed by atoms with van der Waals surface area (Å²) >= 11 is 0. The SMILES string of the molecule is CCC(CCNC(=NC)N1CCC2(CCOC2)C1)N1CCCC1=O. The molecule has 0 aliphatic carbocycles. The van der Waals surface area contributed by atoms with E-state index < -0.39 is 0 Å². The summed E-state index contributed by atoms with van der Waals surface area (Å²) in [4.78, 5) is 20.9. The number of carbonyl (C=O) groups excluding carboxylic acids is 1. The fourth-order valence-electron chi connectivity index (χ4n) is 4.41. The monoisotopic (exact) mass is 336 g/mol. The highest BCUT2D eigenvalue weighted by atomic mass is 16.5. The number of amides is 1. The van der Waals surface area contributed by atoms with Gasteiger partial charge in [-0.3, -0.25) is 9.79 Å². The summed E-state index contributed by atoms with van der Waals surface area (Å²) in [6.45, 7) is 7.89. The highest BCUT2D eigenvalue weighted by Gasteiger charge is 2.42. The third-order valence-electron chi connectivity index (χ3n) is 5.92. The van der Waals surface area contributed by atoms with Gasteiger partial charge in [-0.2, -0.15) is 0 Å². The van der Waals surface area contributed by atoms with E-state index in [0.717, 1.165) is 71.0 Å². The molecule has 6 nitrogen and oxygen atoms in total. The Morgan fingerprint density at radius 2 is 2.29 bits per heavy atom. The van der Waals surface area contributed by atoms with Crippen LogP contribution in [-0.2, 0) is 9.53 Å². The largest absolute Gasteiger partial charge is 0.381 e. The number of hydrogen-bond acceptors (Lipinski definition) is 3. The molecule has 2 unspecified atom stereocenters. The van der Waals surface area contributed by atoms with Crippen molar-refractivity contribution < 1.29 is 9.53 Å². The topological polar surface area (TPSA) is 57.2 Å². The van der Waals surface area contributed by atoms with Crippen LogP contribution in [0, 0.1) is 5.41 Å². The molecule has 6 heteroatoms. The van der Waals surface area contributed by atoms with E-state index in [2.05, 4.69) is 27.0 Å². The lowest BCUT2D eigenvalue weighted by Gasteiger charge is -2.28. The minimum Gasteiger partial charge on any atom is -0.381 e. The molecular formula is C18H32N4O2. The first kappa shape index (κ1) is 17.5. The van der Waals surface area contributed by atoms with E-state index in [4.69, 9.17) is 4.74 Å². The molecule has 1 spiro atoms. The third kappa shape index (κ3) is 3.68. The summed E-state index contributed by atoms with van der Waals surface area (Å²) in [5.41, 5.74) is 0.353. The highest BCUT2D eigenvalue weighted by molar-refractivity contribution is 5.80. The van der Waals surface area contributed by atoms with Gasteiger partial charge in [-0.05, 0) is 32.1 Å². The second kappa shape index (κ2) is 7.72. The Morgan fingerprint density at radius 1 is 1.42 bits per heavy atom. The number of nitrogens with one attached hydrogen (secondary N) is 1. The normalized spacial score (nSPS) is 29.1. The summed E-state index contributed by atoms with van der Waals surface area (Å²) in [5.74, 6) is 1.33. The van der Waals surface area contributed by atoms with Crippen LogP contribution < -0.4 is 5.32 Å². The first-order valence-corrected chi connectivity index (χ1v) is 9.50. The van der Waals surface area contributed by atoms with Crippen LogP contribution >= 0.6 is 0 Å². The smallest absolute Gasteiger partial charge is 0.222 e. The van der Waals surface area contributed by atoms with E-state index in [9.17, 15) is 4.79 Å². The van der Waals surface area contributed by atoms with Gasteiger partial charge in [0.05, 0.1) is 6.61 Å². The van der Waals surface area contributed by atoms with Gasteiger partial charge in [-0.15, -0.1) is 0 Å². The molecule has 1 N–H and O–H groups in total. The van der Waals surface area contributed by atoms with E-state index in [1.54, 1.807) is 0 Å². The van der Waals surface area contributed by atoms with Crippen molar-refractivity contribution in [1.82, 2.24) is 15.1 Å². The zero-order valence-corrected chi connectivity index (χ0v) is 15.2. The van der Waals surface area contributed by atoms with Crippen molar-refractivity contribution in [2.24, 2.45) is 10.4 Å². The molecule has 0 bridgehead atoms. The number of nitrogens with zero attached hydrogens (tertiary/aromatic N) is 3. The Morgan fingerprint density at radius 3 is 2.92 bits per heavy atom. The number of carbonyl (C=O) groups is 1. The molecule has 1 amide bonds. The van der Waals surface area contributed by atoms with Crippen molar-refractivity contribution in [2.75, 3.05) is 46.4 Å². The second-order valence-corrected chi connectivity index (χ2v) is 7.49. The van der Waals surface area contributed by atoms with Crippen LogP contribution in [0.5, 0.6) is 0 Å². The first-order valence-electron chi connectivity index (χ1n) is 9.50. The number of guanidine groups is 1. The zero-order chi connectivity index (χ0) is 17.0. The summed E-state index contributed by atoms with van der Waals surface area (Å²) in [6, 6.07) is 0.360. The maximum Gasteiger partial charge on any atom is 0.222 e. The maximum absolute atomic E-state index is 11.9. The van der Waals surface area contributed by atoms with Crippen LogP contribution in [0.15, 0.2) is 4.99 Å². The average Bonchev–Trinajstić information content (AvgIpc) is 3.32. The molecular weight excluding hydrogens is 304 g/mol. The van der Waals surface area contributed by atoms with Crippen molar-refractivity contribution in [1.29, 1.82) is 0 Å². The molecule has 0 saturated carbocycles. The molecule has 0 aromatic heterocycles. The van der Waals surface area contributed by atoms with E-state index in [1.807, 2.05) is 7.05 Å². The Kier molecular flexibility index (Phi) is 5.64. The van der Waals surface area contributed by atoms with Crippen molar-refractivity contribution in [3.63, 3.8) is 0 Å². The number of aliphatic imine (C=N–C) groups is 1. The summed E-state index contributed by atoms with van der Waals surface area (Å²) in [5, 5.41) is 3.52. The van der Waals surface area contributed by atoms with Gasteiger partial charge in [0.25, 0.3) is 0 Å². The molecule has 3 saturated heterocycles. The quantitative estimate of drug-likeness (QED) is 0.610. The third-order valence-corrected chi connectivity index (χ3v) is 5.92. The number of hydrogen-bond donors (Lipinski definition) is 1. The van der Waals surface area contributed by atoms with Gasteiger partial charge < -0.3 is 19.9 Å². The lowest BCUT2D eigenvalue weighted by Crippen LogP contribution is -2.44. The molecule has 136 valence electrons. The molecule has 2 atom stereocenters.